The van der Waals surface area contributed by atoms with E-state index in [2.05, 4.69) is 12.0 Å². The van der Waals surface area contributed by atoms with E-state index in [-0.39, 0.29) is 11.7 Å². The lowest BCUT2D eigenvalue weighted by atomic mass is 9.77. The highest BCUT2D eigenvalue weighted by atomic mass is 35.5. The zero-order valence-corrected chi connectivity index (χ0v) is 13.3. The molecule has 3 nitrogen and oxygen atoms in total. The molecule has 1 aliphatic carbocycles. The number of carbonyl (C=O) groups is 1. The second kappa shape index (κ2) is 7.26. The quantitative estimate of drug-likeness (QED) is 0.711. The van der Waals surface area contributed by atoms with E-state index in [0.717, 1.165) is 18.8 Å². The van der Waals surface area contributed by atoms with Crippen LogP contribution in [0.5, 0.6) is 0 Å². The minimum Gasteiger partial charge on any atom is -0.292 e. The van der Waals surface area contributed by atoms with Crippen molar-refractivity contribution in [3.8, 4) is 0 Å². The summed E-state index contributed by atoms with van der Waals surface area (Å²) < 4.78 is 1.73. The predicted molar refractivity (Wildman–Crippen MR) is 82.2 cm³/mol. The molecule has 20 heavy (non-hydrogen) atoms. The first-order chi connectivity index (χ1) is 9.67. The Morgan fingerprint density at radius 3 is 2.65 bits per heavy atom. The molecule has 4 heteroatoms. The second-order valence-electron chi connectivity index (χ2n) is 5.88. The van der Waals surface area contributed by atoms with E-state index >= 15 is 0 Å². The topological polar surface area (TPSA) is 34.9 Å². The van der Waals surface area contributed by atoms with Gasteiger partial charge in [-0.25, -0.2) is 0 Å². The number of hydrogen-bond acceptors (Lipinski definition) is 2. The molecule has 0 aromatic carbocycles. The van der Waals surface area contributed by atoms with Gasteiger partial charge in [-0.2, -0.15) is 5.10 Å². The number of halogens is 1. The van der Waals surface area contributed by atoms with Gasteiger partial charge in [0, 0.05) is 12.5 Å². The number of carbonyl (C=O) groups excluding carboxylic acids is 1. The van der Waals surface area contributed by atoms with Crippen LogP contribution in [0, 0.1) is 11.8 Å². The van der Waals surface area contributed by atoms with Gasteiger partial charge in [0.1, 0.15) is 5.69 Å². The Bertz CT molecular complexity index is 447. The molecule has 0 unspecified atom stereocenters. The molecule has 1 aromatic heterocycles. The smallest absolute Gasteiger partial charge is 0.185 e. The van der Waals surface area contributed by atoms with Crippen LogP contribution in [0.15, 0.2) is 6.20 Å². The van der Waals surface area contributed by atoms with E-state index in [1.54, 1.807) is 10.9 Å². The lowest BCUT2D eigenvalue weighted by molar-refractivity contribution is 0.0858. The van der Waals surface area contributed by atoms with Crippen LogP contribution >= 0.6 is 11.6 Å². The van der Waals surface area contributed by atoms with Crippen molar-refractivity contribution in [1.82, 2.24) is 9.78 Å². The minimum absolute atomic E-state index is 0.146. The van der Waals surface area contributed by atoms with Crippen molar-refractivity contribution in [2.24, 2.45) is 11.8 Å². The first kappa shape index (κ1) is 15.6. The maximum atomic E-state index is 12.6. The van der Waals surface area contributed by atoms with Crippen molar-refractivity contribution >= 4 is 17.4 Å². The van der Waals surface area contributed by atoms with Crippen molar-refractivity contribution in [2.45, 2.75) is 65.3 Å². The van der Waals surface area contributed by atoms with Gasteiger partial charge in [0.2, 0.25) is 0 Å². The standard InChI is InChI=1S/C16H25ClN2O/c1-3-5-6-12-7-9-13(10-8-12)16(20)15-14(17)11-18-19(15)4-2/h11-13H,3-10H2,1-2H3. The Hall–Kier alpha value is -0.830. The highest BCUT2D eigenvalue weighted by molar-refractivity contribution is 6.33. The number of hydrogen-bond donors (Lipinski definition) is 0. The molecule has 0 aliphatic heterocycles. The Morgan fingerprint density at radius 2 is 2.05 bits per heavy atom. The average molecular weight is 297 g/mol. The van der Waals surface area contributed by atoms with Gasteiger partial charge in [0.05, 0.1) is 11.2 Å². The summed E-state index contributed by atoms with van der Waals surface area (Å²) in [6.07, 6.45) is 9.90. The molecule has 0 spiro atoms. The van der Waals surface area contributed by atoms with Gasteiger partial charge in [0.15, 0.2) is 5.78 Å². The molecule has 0 amide bonds. The van der Waals surface area contributed by atoms with Gasteiger partial charge in [-0.1, -0.05) is 37.8 Å². The summed E-state index contributed by atoms with van der Waals surface area (Å²) in [5.74, 6) is 1.17. The van der Waals surface area contributed by atoms with E-state index in [4.69, 9.17) is 11.6 Å². The molecule has 1 heterocycles. The van der Waals surface area contributed by atoms with Crippen molar-refractivity contribution in [3.05, 3.63) is 16.9 Å². The molecular weight excluding hydrogens is 272 g/mol. The first-order valence-electron chi connectivity index (χ1n) is 7.92. The summed E-state index contributed by atoms with van der Waals surface area (Å²) in [4.78, 5) is 12.6. The molecule has 112 valence electrons. The molecule has 0 radical (unpaired) electrons. The van der Waals surface area contributed by atoms with Gasteiger partial charge < -0.3 is 0 Å². The normalized spacial score (nSPS) is 22.9. The number of rotatable bonds is 6. The molecule has 0 N–H and O–H groups in total. The second-order valence-corrected chi connectivity index (χ2v) is 6.29. The van der Waals surface area contributed by atoms with Gasteiger partial charge >= 0.3 is 0 Å². The lowest BCUT2D eigenvalue weighted by Crippen LogP contribution is -2.24. The molecule has 0 bridgehead atoms. The van der Waals surface area contributed by atoms with Crippen molar-refractivity contribution in [3.63, 3.8) is 0 Å². The maximum absolute atomic E-state index is 12.6. The third-order valence-electron chi connectivity index (χ3n) is 4.51. The number of nitrogens with zero attached hydrogens (tertiary/aromatic N) is 2. The van der Waals surface area contributed by atoms with E-state index in [9.17, 15) is 4.79 Å². The number of Topliss-reactive ketones (excluding diaryl/α,β-unsaturated/α-hetero) is 1. The van der Waals surface area contributed by atoms with E-state index in [0.29, 0.717) is 17.3 Å². The molecule has 1 aliphatic rings. The summed E-state index contributed by atoms with van der Waals surface area (Å²) >= 11 is 6.13. The zero-order chi connectivity index (χ0) is 14.5. The predicted octanol–water partition coefficient (Wildman–Crippen LogP) is 4.74. The zero-order valence-electron chi connectivity index (χ0n) is 12.6. The van der Waals surface area contributed by atoms with Crippen LogP contribution in [0.3, 0.4) is 0 Å². The Kier molecular flexibility index (Phi) is 5.64. The van der Waals surface area contributed by atoms with Crippen LogP contribution in [-0.2, 0) is 6.54 Å². The molecule has 2 rings (SSSR count). The summed E-state index contributed by atoms with van der Waals surface area (Å²) in [5, 5.41) is 4.67. The number of unbranched alkanes of at least 4 members (excludes halogenated alkanes) is 1. The number of aryl methyl sites for hydroxylation is 1. The number of ketones is 1. The third-order valence-corrected chi connectivity index (χ3v) is 4.79. The van der Waals surface area contributed by atoms with Gasteiger partial charge in [-0.05, 0) is 38.5 Å². The first-order valence-corrected chi connectivity index (χ1v) is 8.30. The van der Waals surface area contributed by atoms with Crippen LogP contribution in [0.1, 0.15) is 69.3 Å². The highest BCUT2D eigenvalue weighted by Crippen LogP contribution is 2.34. The molecule has 0 saturated heterocycles. The largest absolute Gasteiger partial charge is 0.292 e. The Labute approximate surface area is 126 Å². The van der Waals surface area contributed by atoms with E-state index in [1.807, 2.05) is 6.92 Å². The fourth-order valence-electron chi connectivity index (χ4n) is 3.25. The van der Waals surface area contributed by atoms with Crippen LogP contribution < -0.4 is 0 Å². The van der Waals surface area contributed by atoms with Crippen LogP contribution in [0.2, 0.25) is 5.02 Å². The maximum Gasteiger partial charge on any atom is 0.185 e. The summed E-state index contributed by atoms with van der Waals surface area (Å²) in [7, 11) is 0. The fraction of sp³-hybridized carbons (Fsp3) is 0.750. The molecule has 1 aromatic rings. The molecule has 1 fully saturated rings. The molecule has 0 atom stereocenters. The SMILES string of the molecule is CCCCC1CCC(C(=O)c2c(Cl)cnn2CC)CC1. The fourth-order valence-corrected chi connectivity index (χ4v) is 3.48. The van der Waals surface area contributed by atoms with Crippen LogP contribution in [0.4, 0.5) is 0 Å². The van der Waals surface area contributed by atoms with Crippen molar-refractivity contribution in [1.29, 1.82) is 0 Å². The molecular formula is C16H25ClN2O. The van der Waals surface area contributed by atoms with Gasteiger partial charge in [-0.15, -0.1) is 0 Å². The van der Waals surface area contributed by atoms with Gasteiger partial charge in [0.25, 0.3) is 0 Å². The highest BCUT2D eigenvalue weighted by Gasteiger charge is 2.29. The average Bonchev–Trinajstić information content (AvgIpc) is 2.86. The summed E-state index contributed by atoms with van der Waals surface area (Å²) in [5.41, 5.74) is 0.617. The van der Waals surface area contributed by atoms with E-state index in [1.165, 1.54) is 32.1 Å². The lowest BCUT2D eigenvalue weighted by Gasteiger charge is -2.27. The van der Waals surface area contributed by atoms with Crippen LogP contribution in [0.25, 0.3) is 0 Å². The van der Waals surface area contributed by atoms with Crippen LogP contribution in [-0.4, -0.2) is 15.6 Å². The van der Waals surface area contributed by atoms with E-state index < -0.39 is 0 Å². The van der Waals surface area contributed by atoms with Gasteiger partial charge in [-0.3, -0.25) is 9.48 Å². The van der Waals surface area contributed by atoms with Crippen molar-refractivity contribution in [2.75, 3.05) is 0 Å². The summed E-state index contributed by atoms with van der Waals surface area (Å²) in [6, 6.07) is 0. The Balaban J connectivity index is 1.96. The monoisotopic (exact) mass is 296 g/mol. The molecule has 1 saturated carbocycles. The number of aromatic nitrogens is 2. The Morgan fingerprint density at radius 1 is 1.35 bits per heavy atom. The van der Waals surface area contributed by atoms with Crippen molar-refractivity contribution < 1.29 is 4.79 Å². The third kappa shape index (κ3) is 3.43. The summed E-state index contributed by atoms with van der Waals surface area (Å²) in [6.45, 7) is 4.92. The minimum atomic E-state index is 0.146.